The van der Waals surface area contributed by atoms with Crippen LogP contribution in [0, 0.1) is 0 Å². The Morgan fingerprint density at radius 1 is 1.26 bits per heavy atom. The van der Waals surface area contributed by atoms with Crippen molar-refractivity contribution in [1.82, 2.24) is 9.78 Å². The van der Waals surface area contributed by atoms with Gasteiger partial charge in [-0.15, -0.1) is 0 Å². The molecule has 0 atom stereocenters. The van der Waals surface area contributed by atoms with Gasteiger partial charge in [-0.25, -0.2) is 0 Å². The van der Waals surface area contributed by atoms with Crippen molar-refractivity contribution in [1.29, 1.82) is 0 Å². The maximum Gasteiger partial charge on any atom is 0.0625 e. The van der Waals surface area contributed by atoms with E-state index in [1.54, 1.807) is 0 Å². The van der Waals surface area contributed by atoms with Gasteiger partial charge in [-0.2, -0.15) is 5.10 Å². The number of rotatable bonds is 5. The van der Waals surface area contributed by atoms with Gasteiger partial charge in [0, 0.05) is 13.6 Å². The van der Waals surface area contributed by atoms with Crippen LogP contribution in [0.1, 0.15) is 25.2 Å². The fraction of sp³-hybridized carbons (Fsp3) is 0.400. The number of nitrogen functional groups attached to an aromatic ring is 1. The van der Waals surface area contributed by atoms with Crippen molar-refractivity contribution in [3.8, 4) is 0 Å². The number of hydrogen-bond acceptors (Lipinski definition) is 3. The Kier molecular flexibility index (Phi) is 4.10. The van der Waals surface area contributed by atoms with Crippen LogP contribution in [0.3, 0.4) is 0 Å². The summed E-state index contributed by atoms with van der Waals surface area (Å²) in [6.45, 7) is 6.01. The van der Waals surface area contributed by atoms with Crippen molar-refractivity contribution in [3.63, 3.8) is 0 Å². The van der Waals surface area contributed by atoms with Crippen molar-refractivity contribution in [2.24, 2.45) is 7.05 Å². The van der Waals surface area contributed by atoms with Crippen LogP contribution in [-0.4, -0.2) is 16.3 Å². The summed E-state index contributed by atoms with van der Waals surface area (Å²) in [5.74, 6) is 0. The lowest BCUT2D eigenvalue weighted by atomic mass is 10.2. The van der Waals surface area contributed by atoms with E-state index in [0.29, 0.717) is 0 Å². The first kappa shape index (κ1) is 13.5. The lowest BCUT2D eigenvalue weighted by Crippen LogP contribution is -2.24. The van der Waals surface area contributed by atoms with Gasteiger partial charge in [0.25, 0.3) is 0 Å². The van der Waals surface area contributed by atoms with Gasteiger partial charge in [0.1, 0.15) is 0 Å². The second kappa shape index (κ2) is 5.78. The minimum absolute atomic E-state index is 0.822. The number of benzene rings is 1. The van der Waals surface area contributed by atoms with E-state index in [1.165, 1.54) is 5.69 Å². The van der Waals surface area contributed by atoms with Crippen LogP contribution in [0.5, 0.6) is 0 Å². The van der Waals surface area contributed by atoms with E-state index in [1.807, 2.05) is 29.9 Å². The van der Waals surface area contributed by atoms with Crippen LogP contribution < -0.4 is 10.6 Å². The van der Waals surface area contributed by atoms with Gasteiger partial charge in [0.05, 0.1) is 29.3 Å². The molecule has 0 radical (unpaired) electrons. The van der Waals surface area contributed by atoms with E-state index >= 15 is 0 Å². The Balaban J connectivity index is 2.24. The Labute approximate surface area is 114 Å². The zero-order valence-corrected chi connectivity index (χ0v) is 11.9. The highest BCUT2D eigenvalue weighted by atomic mass is 15.3. The molecule has 0 amide bonds. The average molecular weight is 258 g/mol. The molecular formula is C15H22N4. The first-order valence-electron chi connectivity index (χ1n) is 6.77. The maximum absolute atomic E-state index is 6.06. The molecule has 0 aliphatic rings. The minimum atomic E-state index is 0.822. The Bertz CT molecular complexity index is 545. The van der Waals surface area contributed by atoms with E-state index in [9.17, 15) is 0 Å². The van der Waals surface area contributed by atoms with E-state index in [0.717, 1.165) is 36.6 Å². The molecule has 4 nitrogen and oxygen atoms in total. The summed E-state index contributed by atoms with van der Waals surface area (Å²) in [5, 5.41) is 4.49. The van der Waals surface area contributed by atoms with Crippen LogP contribution in [0.2, 0.25) is 0 Å². The van der Waals surface area contributed by atoms with Gasteiger partial charge >= 0.3 is 0 Å². The zero-order chi connectivity index (χ0) is 13.8. The molecule has 1 heterocycles. The molecule has 4 heteroatoms. The third-order valence-corrected chi connectivity index (χ3v) is 3.40. The summed E-state index contributed by atoms with van der Waals surface area (Å²) in [5.41, 5.74) is 10.3. The highest BCUT2D eigenvalue weighted by Crippen LogP contribution is 2.24. The fourth-order valence-corrected chi connectivity index (χ4v) is 2.23. The van der Waals surface area contributed by atoms with Crippen molar-refractivity contribution in [2.75, 3.05) is 17.2 Å². The van der Waals surface area contributed by atoms with Gasteiger partial charge in [-0.05, 0) is 31.5 Å². The minimum Gasteiger partial charge on any atom is -0.397 e. The lowest BCUT2D eigenvalue weighted by molar-refractivity contribution is 0.678. The van der Waals surface area contributed by atoms with Gasteiger partial charge in [-0.3, -0.25) is 4.68 Å². The third-order valence-electron chi connectivity index (χ3n) is 3.40. The van der Waals surface area contributed by atoms with E-state index in [-0.39, 0.29) is 0 Å². The first-order valence-corrected chi connectivity index (χ1v) is 6.77. The SMILES string of the molecule is CCc1cc(CN(CC)c2ccccc2N)n(C)n1. The maximum atomic E-state index is 6.06. The number of hydrogen-bond donors (Lipinski definition) is 1. The predicted molar refractivity (Wildman–Crippen MR) is 80.2 cm³/mol. The molecule has 0 aliphatic heterocycles. The number of aromatic nitrogens is 2. The van der Waals surface area contributed by atoms with E-state index in [2.05, 4.69) is 36.0 Å². The summed E-state index contributed by atoms with van der Waals surface area (Å²) < 4.78 is 1.96. The van der Waals surface area contributed by atoms with Gasteiger partial charge < -0.3 is 10.6 Å². The van der Waals surface area contributed by atoms with Crippen molar-refractivity contribution < 1.29 is 0 Å². The van der Waals surface area contributed by atoms with Crippen LogP contribution in [0.4, 0.5) is 11.4 Å². The highest BCUT2D eigenvalue weighted by molar-refractivity contribution is 5.67. The van der Waals surface area contributed by atoms with Crippen LogP contribution in [0.25, 0.3) is 0 Å². The monoisotopic (exact) mass is 258 g/mol. The summed E-state index contributed by atoms with van der Waals surface area (Å²) in [4.78, 5) is 2.27. The molecule has 1 aromatic heterocycles. The summed E-state index contributed by atoms with van der Waals surface area (Å²) in [7, 11) is 2.00. The smallest absolute Gasteiger partial charge is 0.0625 e. The number of anilines is 2. The van der Waals surface area contributed by atoms with Gasteiger partial charge in [0.2, 0.25) is 0 Å². The van der Waals surface area contributed by atoms with Crippen molar-refractivity contribution in [2.45, 2.75) is 26.8 Å². The second-order valence-electron chi connectivity index (χ2n) is 4.68. The average Bonchev–Trinajstić information content (AvgIpc) is 2.77. The Hall–Kier alpha value is -1.97. The molecule has 0 fully saturated rings. The topological polar surface area (TPSA) is 47.1 Å². The van der Waals surface area contributed by atoms with Crippen LogP contribution in [0.15, 0.2) is 30.3 Å². The number of para-hydroxylation sites is 2. The predicted octanol–water partition coefficient (Wildman–Crippen LogP) is 2.59. The molecular weight excluding hydrogens is 236 g/mol. The Morgan fingerprint density at radius 2 is 2.00 bits per heavy atom. The van der Waals surface area contributed by atoms with Gasteiger partial charge in [0.15, 0.2) is 0 Å². The molecule has 2 aromatic rings. The molecule has 2 rings (SSSR count). The largest absolute Gasteiger partial charge is 0.397 e. The zero-order valence-electron chi connectivity index (χ0n) is 11.9. The molecule has 2 N–H and O–H groups in total. The summed E-state index contributed by atoms with van der Waals surface area (Å²) >= 11 is 0. The van der Waals surface area contributed by atoms with Crippen molar-refractivity contribution >= 4 is 11.4 Å². The van der Waals surface area contributed by atoms with Gasteiger partial charge in [-0.1, -0.05) is 19.1 Å². The summed E-state index contributed by atoms with van der Waals surface area (Å²) in [6.07, 6.45) is 0.966. The molecule has 0 saturated carbocycles. The molecule has 19 heavy (non-hydrogen) atoms. The van der Waals surface area contributed by atoms with Crippen LogP contribution in [-0.2, 0) is 20.0 Å². The highest BCUT2D eigenvalue weighted by Gasteiger charge is 2.11. The molecule has 102 valence electrons. The van der Waals surface area contributed by atoms with E-state index in [4.69, 9.17) is 5.73 Å². The number of nitrogens with zero attached hydrogens (tertiary/aromatic N) is 3. The molecule has 0 bridgehead atoms. The number of nitrogens with two attached hydrogens (primary N) is 1. The molecule has 0 saturated heterocycles. The normalized spacial score (nSPS) is 10.7. The first-order chi connectivity index (χ1) is 9.15. The molecule has 1 aromatic carbocycles. The lowest BCUT2D eigenvalue weighted by Gasteiger charge is -2.24. The second-order valence-corrected chi connectivity index (χ2v) is 4.68. The third kappa shape index (κ3) is 2.89. The molecule has 0 aliphatic carbocycles. The van der Waals surface area contributed by atoms with Crippen LogP contribution >= 0.6 is 0 Å². The summed E-state index contributed by atoms with van der Waals surface area (Å²) in [6, 6.07) is 10.2. The molecule has 0 spiro atoms. The Morgan fingerprint density at radius 3 is 2.58 bits per heavy atom. The molecule has 0 unspecified atom stereocenters. The number of aryl methyl sites for hydroxylation is 2. The van der Waals surface area contributed by atoms with Crippen molar-refractivity contribution in [3.05, 3.63) is 41.7 Å². The standard InChI is InChI=1S/C15H22N4/c1-4-12-10-13(18(3)17-12)11-19(5-2)15-9-7-6-8-14(15)16/h6-10H,4-5,11,16H2,1-3H3. The fourth-order valence-electron chi connectivity index (χ4n) is 2.23. The quantitative estimate of drug-likeness (QED) is 0.839. The van der Waals surface area contributed by atoms with E-state index < -0.39 is 0 Å².